The van der Waals surface area contributed by atoms with Crippen molar-refractivity contribution in [2.24, 2.45) is 5.16 Å². The predicted molar refractivity (Wildman–Crippen MR) is 80.5 cm³/mol. The molecule has 108 valence electrons. The third-order valence-electron chi connectivity index (χ3n) is 3.44. The fourth-order valence-corrected chi connectivity index (χ4v) is 2.58. The van der Waals surface area contributed by atoms with E-state index < -0.39 is 0 Å². The molecule has 0 atom stereocenters. The average Bonchev–Trinajstić information content (AvgIpc) is 2.86. The zero-order valence-electron chi connectivity index (χ0n) is 12.1. The SMILES string of the molecule is Cc1cc(C)cc(COc2ccc3c(c2)OCC3=NO)c1. The lowest BCUT2D eigenvalue weighted by molar-refractivity contribution is 0.302. The molecule has 1 aliphatic rings. The molecular formula is C17H17NO3. The molecule has 3 rings (SSSR count). The molecule has 1 aliphatic heterocycles. The molecule has 0 aliphatic carbocycles. The van der Waals surface area contributed by atoms with Crippen molar-refractivity contribution in [2.45, 2.75) is 20.5 Å². The van der Waals surface area contributed by atoms with Gasteiger partial charge >= 0.3 is 0 Å². The van der Waals surface area contributed by atoms with Crippen molar-refractivity contribution in [2.75, 3.05) is 6.61 Å². The van der Waals surface area contributed by atoms with Gasteiger partial charge in [-0.25, -0.2) is 0 Å². The second-order valence-corrected chi connectivity index (χ2v) is 5.28. The van der Waals surface area contributed by atoms with Crippen molar-refractivity contribution < 1.29 is 14.7 Å². The third-order valence-corrected chi connectivity index (χ3v) is 3.44. The van der Waals surface area contributed by atoms with Crippen molar-refractivity contribution in [3.05, 3.63) is 58.7 Å². The molecule has 21 heavy (non-hydrogen) atoms. The predicted octanol–water partition coefficient (Wildman–Crippen LogP) is 3.45. The van der Waals surface area contributed by atoms with Crippen LogP contribution >= 0.6 is 0 Å². The molecule has 0 bridgehead atoms. The largest absolute Gasteiger partial charge is 0.489 e. The monoisotopic (exact) mass is 283 g/mol. The van der Waals surface area contributed by atoms with Gasteiger partial charge in [0, 0.05) is 11.6 Å². The van der Waals surface area contributed by atoms with E-state index in [1.54, 1.807) is 0 Å². The summed E-state index contributed by atoms with van der Waals surface area (Å²) < 4.78 is 11.3. The first-order valence-corrected chi connectivity index (χ1v) is 6.84. The second kappa shape index (κ2) is 5.48. The summed E-state index contributed by atoms with van der Waals surface area (Å²) in [5.74, 6) is 1.44. The Kier molecular flexibility index (Phi) is 3.52. The van der Waals surface area contributed by atoms with Gasteiger partial charge in [-0.15, -0.1) is 0 Å². The molecule has 1 N–H and O–H groups in total. The van der Waals surface area contributed by atoms with Crippen molar-refractivity contribution in [3.63, 3.8) is 0 Å². The second-order valence-electron chi connectivity index (χ2n) is 5.28. The first-order chi connectivity index (χ1) is 10.2. The van der Waals surface area contributed by atoms with Crippen molar-refractivity contribution in [3.8, 4) is 11.5 Å². The summed E-state index contributed by atoms with van der Waals surface area (Å²) in [7, 11) is 0. The number of oxime groups is 1. The standard InChI is InChI=1S/C17H17NO3/c1-11-5-12(2)7-13(6-11)9-20-14-3-4-15-16(18-19)10-21-17(15)8-14/h3-8,19H,9-10H2,1-2H3. The van der Waals surface area contributed by atoms with Crippen LogP contribution in [0.5, 0.6) is 11.5 Å². The van der Waals surface area contributed by atoms with Gasteiger partial charge in [0.15, 0.2) is 0 Å². The van der Waals surface area contributed by atoms with Crippen molar-refractivity contribution in [1.82, 2.24) is 0 Å². The molecule has 4 heteroatoms. The number of hydrogen-bond acceptors (Lipinski definition) is 4. The zero-order chi connectivity index (χ0) is 14.8. The van der Waals surface area contributed by atoms with Crippen LogP contribution in [0.25, 0.3) is 0 Å². The Balaban J connectivity index is 1.74. The summed E-state index contributed by atoms with van der Waals surface area (Å²) in [5, 5.41) is 12.1. The summed E-state index contributed by atoms with van der Waals surface area (Å²) in [4.78, 5) is 0. The van der Waals surface area contributed by atoms with E-state index >= 15 is 0 Å². The summed E-state index contributed by atoms with van der Waals surface area (Å²) in [6.45, 7) is 4.97. The van der Waals surface area contributed by atoms with E-state index in [9.17, 15) is 0 Å². The molecule has 0 spiro atoms. The van der Waals surface area contributed by atoms with E-state index in [0.29, 0.717) is 24.7 Å². The van der Waals surface area contributed by atoms with E-state index in [4.69, 9.17) is 14.7 Å². The zero-order valence-corrected chi connectivity index (χ0v) is 12.1. The maximum absolute atomic E-state index is 8.86. The third kappa shape index (κ3) is 2.84. The van der Waals surface area contributed by atoms with E-state index in [1.807, 2.05) is 18.2 Å². The fourth-order valence-electron chi connectivity index (χ4n) is 2.58. The molecule has 1 heterocycles. The summed E-state index contributed by atoms with van der Waals surface area (Å²) in [6, 6.07) is 11.9. The van der Waals surface area contributed by atoms with E-state index in [2.05, 4.69) is 37.2 Å². The quantitative estimate of drug-likeness (QED) is 0.693. The number of fused-ring (bicyclic) bond motifs is 1. The first kappa shape index (κ1) is 13.5. The number of benzene rings is 2. The van der Waals surface area contributed by atoms with Gasteiger partial charge in [0.1, 0.15) is 30.4 Å². The highest BCUT2D eigenvalue weighted by atomic mass is 16.5. The Bertz CT molecular complexity index is 687. The fraction of sp³-hybridized carbons (Fsp3) is 0.235. The topological polar surface area (TPSA) is 51.0 Å². The normalized spacial score (nSPS) is 14.9. The molecule has 0 amide bonds. The molecule has 0 saturated carbocycles. The number of rotatable bonds is 3. The number of nitrogens with zero attached hydrogens (tertiary/aromatic N) is 1. The summed E-state index contributed by atoms with van der Waals surface area (Å²) in [5.41, 5.74) is 4.97. The van der Waals surface area contributed by atoms with Gasteiger partial charge in [-0.05, 0) is 31.5 Å². The molecule has 2 aromatic rings. The molecule has 0 radical (unpaired) electrons. The van der Waals surface area contributed by atoms with Gasteiger partial charge in [-0.1, -0.05) is 34.5 Å². The van der Waals surface area contributed by atoms with Crippen LogP contribution in [0, 0.1) is 13.8 Å². The van der Waals surface area contributed by atoms with E-state index in [1.165, 1.54) is 11.1 Å². The van der Waals surface area contributed by atoms with Crippen LogP contribution < -0.4 is 9.47 Å². The van der Waals surface area contributed by atoms with Crippen LogP contribution in [0.15, 0.2) is 41.6 Å². The number of hydrogen-bond donors (Lipinski definition) is 1. The lowest BCUT2D eigenvalue weighted by Crippen LogP contribution is -2.01. The lowest BCUT2D eigenvalue weighted by atomic mass is 10.1. The highest BCUT2D eigenvalue weighted by molar-refractivity contribution is 6.06. The molecule has 4 nitrogen and oxygen atoms in total. The Labute approximate surface area is 123 Å². The van der Waals surface area contributed by atoms with Crippen LogP contribution in [0.3, 0.4) is 0 Å². The molecule has 0 fully saturated rings. The van der Waals surface area contributed by atoms with Gasteiger partial charge in [-0.3, -0.25) is 0 Å². The smallest absolute Gasteiger partial charge is 0.134 e. The maximum atomic E-state index is 8.86. The Morgan fingerprint density at radius 3 is 2.62 bits per heavy atom. The van der Waals surface area contributed by atoms with Gasteiger partial charge in [0.25, 0.3) is 0 Å². The van der Waals surface area contributed by atoms with E-state index in [0.717, 1.165) is 16.9 Å². The average molecular weight is 283 g/mol. The van der Waals surface area contributed by atoms with E-state index in [-0.39, 0.29) is 0 Å². The summed E-state index contributed by atoms with van der Waals surface area (Å²) >= 11 is 0. The minimum atomic E-state index is 0.298. The molecular weight excluding hydrogens is 266 g/mol. The van der Waals surface area contributed by atoms with Crippen LogP contribution in [0.2, 0.25) is 0 Å². The van der Waals surface area contributed by atoms with Crippen LogP contribution in [0.4, 0.5) is 0 Å². The van der Waals surface area contributed by atoms with Gasteiger partial charge in [0.2, 0.25) is 0 Å². The van der Waals surface area contributed by atoms with Gasteiger partial charge < -0.3 is 14.7 Å². The minimum absolute atomic E-state index is 0.298. The van der Waals surface area contributed by atoms with Crippen molar-refractivity contribution >= 4 is 5.71 Å². The first-order valence-electron chi connectivity index (χ1n) is 6.84. The minimum Gasteiger partial charge on any atom is -0.489 e. The maximum Gasteiger partial charge on any atom is 0.134 e. The van der Waals surface area contributed by atoms with Gasteiger partial charge in [0.05, 0.1) is 0 Å². The van der Waals surface area contributed by atoms with Crippen LogP contribution in [0.1, 0.15) is 22.3 Å². The molecule has 0 aromatic heterocycles. The molecule has 0 saturated heterocycles. The Morgan fingerprint density at radius 1 is 1.14 bits per heavy atom. The number of aryl methyl sites for hydroxylation is 2. The van der Waals surface area contributed by atoms with Gasteiger partial charge in [-0.2, -0.15) is 0 Å². The highest BCUT2D eigenvalue weighted by Gasteiger charge is 2.20. The highest BCUT2D eigenvalue weighted by Crippen LogP contribution is 2.30. The summed E-state index contributed by atoms with van der Waals surface area (Å²) in [6.07, 6.45) is 0. The molecule has 2 aromatic carbocycles. The van der Waals surface area contributed by atoms with Crippen molar-refractivity contribution in [1.29, 1.82) is 0 Å². The Hall–Kier alpha value is -2.49. The Morgan fingerprint density at radius 2 is 1.90 bits per heavy atom. The van der Waals surface area contributed by atoms with Crippen LogP contribution in [-0.2, 0) is 6.61 Å². The van der Waals surface area contributed by atoms with Crippen LogP contribution in [-0.4, -0.2) is 17.5 Å². The lowest BCUT2D eigenvalue weighted by Gasteiger charge is -2.09. The number of ether oxygens (including phenoxy) is 2. The molecule has 0 unspecified atom stereocenters.